The lowest BCUT2D eigenvalue weighted by atomic mass is 9.96. The number of carbonyl (C=O) groups excluding carboxylic acids is 2. The quantitative estimate of drug-likeness (QED) is 0.657. The third-order valence-electron chi connectivity index (χ3n) is 7.17. The van der Waals surface area contributed by atoms with Gasteiger partial charge in [0.05, 0.1) is 11.7 Å². The Hall–Kier alpha value is -2.16. The second-order valence-corrected chi connectivity index (χ2v) is 10.1. The SMILES string of the molecule is CCCC(=O)Nc1ccc2c(c1)OC[C@@H](C)N(CC1CCOCC1)C[C@@H](C)[C@H](OC)CN(C)C2=O. The molecule has 3 rings (SSSR count). The Labute approximate surface area is 210 Å². The number of benzene rings is 1. The van der Waals surface area contributed by atoms with Crippen LogP contribution < -0.4 is 10.1 Å². The molecule has 2 aliphatic rings. The van der Waals surface area contributed by atoms with Gasteiger partial charge >= 0.3 is 0 Å². The molecule has 3 atom stereocenters. The van der Waals surface area contributed by atoms with Gasteiger partial charge in [0.15, 0.2) is 0 Å². The number of fused-ring (bicyclic) bond motifs is 1. The van der Waals surface area contributed by atoms with Gasteiger partial charge in [0.1, 0.15) is 12.4 Å². The van der Waals surface area contributed by atoms with Crippen LogP contribution >= 0.6 is 0 Å². The Morgan fingerprint density at radius 2 is 1.94 bits per heavy atom. The van der Waals surface area contributed by atoms with E-state index in [9.17, 15) is 9.59 Å². The van der Waals surface area contributed by atoms with E-state index in [4.69, 9.17) is 14.2 Å². The maximum Gasteiger partial charge on any atom is 0.257 e. The van der Waals surface area contributed by atoms with E-state index in [0.29, 0.717) is 42.5 Å². The average Bonchev–Trinajstić information content (AvgIpc) is 2.85. The molecular formula is C27H43N3O5. The summed E-state index contributed by atoms with van der Waals surface area (Å²) < 4.78 is 17.7. The molecule has 2 aliphatic heterocycles. The highest BCUT2D eigenvalue weighted by Gasteiger charge is 2.30. The smallest absolute Gasteiger partial charge is 0.257 e. The molecule has 0 spiro atoms. The van der Waals surface area contributed by atoms with Gasteiger partial charge < -0.3 is 24.4 Å². The minimum Gasteiger partial charge on any atom is -0.491 e. The largest absolute Gasteiger partial charge is 0.491 e. The van der Waals surface area contributed by atoms with Crippen molar-refractivity contribution in [2.45, 2.75) is 58.6 Å². The molecule has 1 saturated heterocycles. The van der Waals surface area contributed by atoms with Crippen molar-refractivity contribution in [2.75, 3.05) is 58.9 Å². The Morgan fingerprint density at radius 3 is 2.63 bits per heavy atom. The molecule has 1 N–H and O–H groups in total. The van der Waals surface area contributed by atoms with Gasteiger partial charge in [0.25, 0.3) is 5.91 Å². The number of amides is 2. The second-order valence-electron chi connectivity index (χ2n) is 10.1. The van der Waals surface area contributed by atoms with Crippen LogP contribution in [0.2, 0.25) is 0 Å². The Balaban J connectivity index is 1.88. The number of anilines is 1. The number of methoxy groups -OCH3 is 1. The summed E-state index contributed by atoms with van der Waals surface area (Å²) >= 11 is 0. The van der Waals surface area contributed by atoms with Gasteiger partial charge in [0.2, 0.25) is 5.91 Å². The molecule has 0 aromatic heterocycles. The molecule has 8 nitrogen and oxygen atoms in total. The van der Waals surface area contributed by atoms with Gasteiger partial charge in [-0.25, -0.2) is 0 Å². The van der Waals surface area contributed by atoms with E-state index in [0.717, 1.165) is 45.6 Å². The minimum absolute atomic E-state index is 0.0445. The van der Waals surface area contributed by atoms with Crippen molar-refractivity contribution in [2.24, 2.45) is 11.8 Å². The van der Waals surface area contributed by atoms with Gasteiger partial charge in [-0.2, -0.15) is 0 Å². The summed E-state index contributed by atoms with van der Waals surface area (Å²) in [6.07, 6.45) is 3.30. The number of likely N-dealkylation sites (N-methyl/N-ethyl adjacent to an activating group) is 1. The number of rotatable bonds is 6. The standard InChI is InChI=1S/C27H43N3O5/c1-6-7-26(31)28-22-8-9-23-24(14-22)35-18-20(3)30(16-21-10-12-34-13-11-21)15-19(2)25(33-5)17-29(4)27(23)32/h8-9,14,19-21,25H,6-7,10-13,15-18H2,1-5H3,(H,28,31)/t19-,20-,25-/m1/s1. The molecule has 2 heterocycles. The fraction of sp³-hybridized carbons (Fsp3) is 0.704. The summed E-state index contributed by atoms with van der Waals surface area (Å²) in [4.78, 5) is 29.7. The number of nitrogens with zero attached hydrogens (tertiary/aromatic N) is 2. The van der Waals surface area contributed by atoms with Crippen LogP contribution in [0.3, 0.4) is 0 Å². The first-order valence-electron chi connectivity index (χ1n) is 13.0. The normalized spacial score (nSPS) is 25.2. The molecule has 1 aromatic rings. The van der Waals surface area contributed by atoms with Crippen LogP contribution in [0.5, 0.6) is 5.75 Å². The number of hydrogen-bond donors (Lipinski definition) is 1. The summed E-state index contributed by atoms with van der Waals surface area (Å²) in [5.41, 5.74) is 1.13. The zero-order valence-corrected chi connectivity index (χ0v) is 22.0. The lowest BCUT2D eigenvalue weighted by Gasteiger charge is -2.38. The number of hydrogen-bond acceptors (Lipinski definition) is 6. The molecule has 8 heteroatoms. The van der Waals surface area contributed by atoms with Gasteiger partial charge in [0, 0.05) is 71.2 Å². The molecule has 196 valence electrons. The third-order valence-corrected chi connectivity index (χ3v) is 7.17. The number of carbonyl (C=O) groups is 2. The van der Waals surface area contributed by atoms with Gasteiger partial charge in [-0.1, -0.05) is 13.8 Å². The van der Waals surface area contributed by atoms with Crippen LogP contribution in [0.4, 0.5) is 5.69 Å². The predicted octanol–water partition coefficient (Wildman–Crippen LogP) is 3.66. The van der Waals surface area contributed by atoms with Crippen LogP contribution in [0.25, 0.3) is 0 Å². The zero-order chi connectivity index (χ0) is 25.4. The first-order valence-corrected chi connectivity index (χ1v) is 13.0. The Kier molecular flexibility index (Phi) is 10.4. The summed E-state index contributed by atoms with van der Waals surface area (Å²) in [6.45, 7) is 10.8. The van der Waals surface area contributed by atoms with Crippen molar-refractivity contribution < 1.29 is 23.8 Å². The van der Waals surface area contributed by atoms with Crippen LogP contribution in [0, 0.1) is 11.8 Å². The van der Waals surface area contributed by atoms with Crippen molar-refractivity contribution in [3.8, 4) is 5.75 Å². The van der Waals surface area contributed by atoms with E-state index in [1.54, 1.807) is 37.3 Å². The Morgan fingerprint density at radius 1 is 1.20 bits per heavy atom. The molecule has 35 heavy (non-hydrogen) atoms. The zero-order valence-electron chi connectivity index (χ0n) is 22.0. The van der Waals surface area contributed by atoms with Crippen molar-refractivity contribution >= 4 is 17.5 Å². The van der Waals surface area contributed by atoms with E-state index < -0.39 is 0 Å². The predicted molar refractivity (Wildman–Crippen MR) is 137 cm³/mol. The second kappa shape index (κ2) is 13.2. The van der Waals surface area contributed by atoms with Crippen LogP contribution in [-0.2, 0) is 14.3 Å². The molecule has 1 fully saturated rings. The van der Waals surface area contributed by atoms with E-state index in [2.05, 4.69) is 24.1 Å². The van der Waals surface area contributed by atoms with Crippen molar-refractivity contribution in [1.29, 1.82) is 0 Å². The van der Waals surface area contributed by atoms with E-state index in [1.165, 1.54) is 0 Å². The van der Waals surface area contributed by atoms with Crippen LogP contribution in [0.15, 0.2) is 18.2 Å². The first-order chi connectivity index (χ1) is 16.8. The topological polar surface area (TPSA) is 80.3 Å². The van der Waals surface area contributed by atoms with Crippen molar-refractivity contribution in [1.82, 2.24) is 9.80 Å². The highest BCUT2D eigenvalue weighted by molar-refractivity contribution is 5.98. The van der Waals surface area contributed by atoms with Gasteiger partial charge in [-0.15, -0.1) is 0 Å². The summed E-state index contributed by atoms with van der Waals surface area (Å²) in [5.74, 6) is 1.18. The fourth-order valence-corrected chi connectivity index (χ4v) is 4.89. The highest BCUT2D eigenvalue weighted by atomic mass is 16.5. The van der Waals surface area contributed by atoms with E-state index in [-0.39, 0.29) is 29.9 Å². The molecule has 0 radical (unpaired) electrons. The van der Waals surface area contributed by atoms with Gasteiger partial charge in [-0.3, -0.25) is 14.5 Å². The summed E-state index contributed by atoms with van der Waals surface area (Å²) in [7, 11) is 3.52. The van der Waals surface area contributed by atoms with Crippen molar-refractivity contribution in [3.05, 3.63) is 23.8 Å². The minimum atomic E-state index is -0.118. The highest BCUT2D eigenvalue weighted by Crippen LogP contribution is 2.27. The molecule has 1 aromatic carbocycles. The molecule has 2 amide bonds. The first kappa shape index (κ1) is 27.4. The maximum atomic E-state index is 13.3. The van der Waals surface area contributed by atoms with E-state index >= 15 is 0 Å². The molecular weight excluding hydrogens is 446 g/mol. The molecule has 0 aliphatic carbocycles. The summed E-state index contributed by atoms with van der Waals surface area (Å²) in [6, 6.07) is 5.44. The Bertz CT molecular complexity index is 842. The number of nitrogens with one attached hydrogen (secondary N) is 1. The molecule has 0 bridgehead atoms. The lowest BCUT2D eigenvalue weighted by molar-refractivity contribution is -0.116. The molecule has 0 unspecified atom stereocenters. The van der Waals surface area contributed by atoms with Crippen LogP contribution in [0.1, 0.15) is 56.8 Å². The summed E-state index contributed by atoms with van der Waals surface area (Å²) in [5, 5.41) is 2.92. The number of ether oxygens (including phenoxy) is 3. The fourth-order valence-electron chi connectivity index (χ4n) is 4.89. The average molecular weight is 490 g/mol. The monoisotopic (exact) mass is 489 g/mol. The molecule has 0 saturated carbocycles. The third kappa shape index (κ3) is 7.66. The van der Waals surface area contributed by atoms with Crippen molar-refractivity contribution in [3.63, 3.8) is 0 Å². The van der Waals surface area contributed by atoms with Crippen LogP contribution in [-0.4, -0.2) is 87.4 Å². The lowest BCUT2D eigenvalue weighted by Crippen LogP contribution is -2.48. The maximum absolute atomic E-state index is 13.3. The van der Waals surface area contributed by atoms with E-state index in [1.807, 2.05) is 6.92 Å². The van der Waals surface area contributed by atoms with Gasteiger partial charge in [-0.05, 0) is 50.2 Å².